The monoisotopic (exact) mass is 365 g/mol. The number of ether oxygens (including phenoxy) is 2. The first kappa shape index (κ1) is 16.8. The lowest BCUT2D eigenvalue weighted by atomic mass is 10.2. The minimum Gasteiger partial charge on any atom is -0.496 e. The van der Waals surface area contributed by atoms with E-state index < -0.39 is 0 Å². The number of methoxy groups -OCH3 is 2. The fourth-order valence-corrected chi connectivity index (χ4v) is 2.83. The van der Waals surface area contributed by atoms with E-state index in [1.54, 1.807) is 35.8 Å². The zero-order valence-corrected chi connectivity index (χ0v) is 15.5. The summed E-state index contributed by atoms with van der Waals surface area (Å²) in [6, 6.07) is 9.30. The molecule has 9 nitrogen and oxygen atoms in total. The van der Waals surface area contributed by atoms with Gasteiger partial charge in [0.2, 0.25) is 5.88 Å². The van der Waals surface area contributed by atoms with Gasteiger partial charge in [0.1, 0.15) is 23.1 Å². The molecule has 4 heterocycles. The van der Waals surface area contributed by atoms with Crippen LogP contribution in [0, 0.1) is 0 Å². The van der Waals surface area contributed by atoms with Crippen molar-refractivity contribution in [2.75, 3.05) is 19.5 Å². The van der Waals surface area contributed by atoms with Gasteiger partial charge in [-0.05, 0) is 6.07 Å². The molecular weight excluding hydrogens is 346 g/mol. The third kappa shape index (κ3) is 3.03. The molecule has 0 radical (unpaired) electrons. The zero-order chi connectivity index (χ0) is 19.0. The SMILES string of the molecule is COc1cccc(-c2cc(Nc3cc(OC)c4cnn(C)c4n3)n(C)n2)n1. The predicted molar refractivity (Wildman–Crippen MR) is 101 cm³/mol. The number of pyridine rings is 2. The molecule has 0 atom stereocenters. The zero-order valence-electron chi connectivity index (χ0n) is 15.5. The first-order chi connectivity index (χ1) is 13.1. The van der Waals surface area contributed by atoms with Crippen molar-refractivity contribution in [1.29, 1.82) is 0 Å². The van der Waals surface area contributed by atoms with Gasteiger partial charge in [-0.2, -0.15) is 10.2 Å². The summed E-state index contributed by atoms with van der Waals surface area (Å²) >= 11 is 0. The average molecular weight is 365 g/mol. The largest absolute Gasteiger partial charge is 0.496 e. The molecule has 9 heteroatoms. The fourth-order valence-electron chi connectivity index (χ4n) is 2.83. The molecule has 0 aliphatic rings. The molecule has 138 valence electrons. The number of anilines is 2. The lowest BCUT2D eigenvalue weighted by molar-refractivity contribution is 0.398. The topological polar surface area (TPSA) is 91.9 Å². The highest BCUT2D eigenvalue weighted by molar-refractivity contribution is 5.84. The maximum atomic E-state index is 5.47. The van der Waals surface area contributed by atoms with Gasteiger partial charge in [0, 0.05) is 32.3 Å². The summed E-state index contributed by atoms with van der Waals surface area (Å²) in [5.41, 5.74) is 2.19. The first-order valence-corrected chi connectivity index (χ1v) is 8.28. The van der Waals surface area contributed by atoms with E-state index in [0.717, 1.165) is 28.2 Å². The maximum absolute atomic E-state index is 5.47. The summed E-state index contributed by atoms with van der Waals surface area (Å²) in [5.74, 6) is 2.65. The number of fused-ring (bicyclic) bond motifs is 1. The van der Waals surface area contributed by atoms with Gasteiger partial charge < -0.3 is 14.8 Å². The highest BCUT2D eigenvalue weighted by Crippen LogP contribution is 2.29. The molecule has 4 aromatic rings. The summed E-state index contributed by atoms with van der Waals surface area (Å²) in [4.78, 5) is 9.04. The van der Waals surface area contributed by atoms with Crippen LogP contribution in [-0.2, 0) is 14.1 Å². The molecule has 4 rings (SSSR count). The number of hydrogen-bond acceptors (Lipinski definition) is 7. The third-order valence-electron chi connectivity index (χ3n) is 4.22. The Morgan fingerprint density at radius 2 is 1.81 bits per heavy atom. The summed E-state index contributed by atoms with van der Waals surface area (Å²) < 4.78 is 14.1. The third-order valence-corrected chi connectivity index (χ3v) is 4.22. The van der Waals surface area contributed by atoms with E-state index in [0.29, 0.717) is 17.4 Å². The molecule has 0 aromatic carbocycles. The van der Waals surface area contributed by atoms with Crippen LogP contribution in [0.5, 0.6) is 11.6 Å². The van der Waals surface area contributed by atoms with Crippen molar-refractivity contribution < 1.29 is 9.47 Å². The van der Waals surface area contributed by atoms with E-state index in [9.17, 15) is 0 Å². The van der Waals surface area contributed by atoms with Gasteiger partial charge >= 0.3 is 0 Å². The Balaban J connectivity index is 1.70. The number of hydrogen-bond donors (Lipinski definition) is 1. The van der Waals surface area contributed by atoms with E-state index in [1.807, 2.05) is 38.4 Å². The van der Waals surface area contributed by atoms with Crippen LogP contribution >= 0.6 is 0 Å². The summed E-state index contributed by atoms with van der Waals surface area (Å²) in [7, 11) is 6.91. The number of aryl methyl sites for hydroxylation is 2. The van der Waals surface area contributed by atoms with Crippen LogP contribution in [0.25, 0.3) is 22.4 Å². The Kier molecular flexibility index (Phi) is 4.11. The van der Waals surface area contributed by atoms with Crippen LogP contribution in [0.2, 0.25) is 0 Å². The van der Waals surface area contributed by atoms with Crippen molar-refractivity contribution in [3.63, 3.8) is 0 Å². The minimum absolute atomic E-state index is 0.542. The number of rotatable bonds is 5. The van der Waals surface area contributed by atoms with Gasteiger partial charge in [-0.15, -0.1) is 0 Å². The van der Waals surface area contributed by atoms with Gasteiger partial charge in [0.05, 0.1) is 31.5 Å². The van der Waals surface area contributed by atoms with E-state index >= 15 is 0 Å². The van der Waals surface area contributed by atoms with Crippen LogP contribution in [-0.4, -0.2) is 43.7 Å². The molecule has 4 aromatic heterocycles. The molecule has 0 bridgehead atoms. The highest BCUT2D eigenvalue weighted by Gasteiger charge is 2.13. The molecule has 0 amide bonds. The van der Waals surface area contributed by atoms with Crippen molar-refractivity contribution in [1.82, 2.24) is 29.5 Å². The lowest BCUT2D eigenvalue weighted by Crippen LogP contribution is -2.02. The summed E-state index contributed by atoms with van der Waals surface area (Å²) in [6.07, 6.45) is 1.74. The van der Waals surface area contributed by atoms with Crippen molar-refractivity contribution in [3.8, 4) is 23.0 Å². The van der Waals surface area contributed by atoms with Crippen LogP contribution in [0.4, 0.5) is 11.6 Å². The molecule has 0 saturated carbocycles. The first-order valence-electron chi connectivity index (χ1n) is 8.28. The summed E-state index contributed by atoms with van der Waals surface area (Å²) in [5, 5.41) is 12.9. The van der Waals surface area contributed by atoms with Gasteiger partial charge in [-0.3, -0.25) is 9.36 Å². The second-order valence-corrected chi connectivity index (χ2v) is 5.94. The van der Waals surface area contributed by atoms with Crippen molar-refractivity contribution in [2.45, 2.75) is 0 Å². The Hall–Kier alpha value is -3.62. The minimum atomic E-state index is 0.542. The number of nitrogens with one attached hydrogen (secondary N) is 1. The molecule has 0 saturated heterocycles. The van der Waals surface area contributed by atoms with Gasteiger partial charge in [0.25, 0.3) is 0 Å². The van der Waals surface area contributed by atoms with Gasteiger partial charge in [-0.1, -0.05) is 6.07 Å². The molecule has 0 aliphatic heterocycles. The molecule has 0 unspecified atom stereocenters. The summed E-state index contributed by atoms with van der Waals surface area (Å²) in [6.45, 7) is 0. The number of nitrogens with zero attached hydrogens (tertiary/aromatic N) is 6. The predicted octanol–water partition coefficient (Wildman–Crippen LogP) is 2.52. The van der Waals surface area contributed by atoms with E-state index in [4.69, 9.17) is 9.47 Å². The lowest BCUT2D eigenvalue weighted by Gasteiger charge is -2.08. The fraction of sp³-hybridized carbons (Fsp3) is 0.222. The molecule has 0 fully saturated rings. The van der Waals surface area contributed by atoms with Gasteiger partial charge in [-0.25, -0.2) is 9.97 Å². The van der Waals surface area contributed by atoms with Crippen LogP contribution in [0.15, 0.2) is 36.5 Å². The Morgan fingerprint density at radius 1 is 0.963 bits per heavy atom. The molecule has 0 aliphatic carbocycles. The van der Waals surface area contributed by atoms with Crippen molar-refractivity contribution in [3.05, 3.63) is 36.5 Å². The van der Waals surface area contributed by atoms with Crippen molar-refractivity contribution >= 4 is 22.7 Å². The molecule has 27 heavy (non-hydrogen) atoms. The highest BCUT2D eigenvalue weighted by atomic mass is 16.5. The molecular formula is C18H19N7O2. The van der Waals surface area contributed by atoms with E-state index in [2.05, 4.69) is 25.5 Å². The van der Waals surface area contributed by atoms with Crippen molar-refractivity contribution in [2.24, 2.45) is 14.1 Å². The quantitative estimate of drug-likeness (QED) is 0.581. The Bertz CT molecular complexity index is 1120. The Morgan fingerprint density at radius 3 is 2.59 bits per heavy atom. The van der Waals surface area contributed by atoms with Gasteiger partial charge in [0.15, 0.2) is 5.65 Å². The van der Waals surface area contributed by atoms with Crippen LogP contribution in [0.1, 0.15) is 0 Å². The molecule has 0 spiro atoms. The number of aromatic nitrogens is 6. The van der Waals surface area contributed by atoms with Crippen LogP contribution < -0.4 is 14.8 Å². The van der Waals surface area contributed by atoms with E-state index in [-0.39, 0.29) is 0 Å². The Labute approximate surface area is 155 Å². The maximum Gasteiger partial charge on any atom is 0.213 e. The second-order valence-electron chi connectivity index (χ2n) is 5.94. The average Bonchev–Trinajstić information content (AvgIpc) is 3.24. The second kappa shape index (κ2) is 6.60. The normalized spacial score (nSPS) is 11.0. The van der Waals surface area contributed by atoms with E-state index in [1.165, 1.54) is 0 Å². The molecule has 1 N–H and O–H groups in total. The van der Waals surface area contributed by atoms with Crippen LogP contribution in [0.3, 0.4) is 0 Å². The smallest absolute Gasteiger partial charge is 0.213 e. The standard InChI is InChI=1S/C18H19N7O2/c1-24-16(8-13(23-24)12-6-5-7-17(20-12)27-4)21-15-9-14(26-3)11-10-19-25(2)18(11)22-15/h5-10H,1-4H3,(H,21,22).